The zero-order valence-electron chi connectivity index (χ0n) is 18.1. The van der Waals surface area contributed by atoms with Crippen LogP contribution in [0.1, 0.15) is 59.3 Å². The quantitative estimate of drug-likeness (QED) is 0.643. The van der Waals surface area contributed by atoms with Gasteiger partial charge in [0.2, 0.25) is 5.91 Å². The molecular weight excluding hydrogens is 362 g/mol. The van der Waals surface area contributed by atoms with Crippen LogP contribution in [-0.2, 0) is 9.59 Å². The first-order chi connectivity index (χ1) is 14.0. The predicted molar refractivity (Wildman–Crippen MR) is 118 cm³/mol. The van der Waals surface area contributed by atoms with E-state index in [1.165, 1.54) is 17.7 Å². The van der Waals surface area contributed by atoms with Crippen LogP contribution in [0.15, 0.2) is 41.5 Å². The van der Waals surface area contributed by atoms with Gasteiger partial charge in [0, 0.05) is 36.9 Å². The fourth-order valence-corrected chi connectivity index (χ4v) is 4.70. The Morgan fingerprint density at radius 3 is 2.69 bits per heavy atom. The largest absolute Gasteiger partial charge is 0.372 e. The van der Waals surface area contributed by atoms with Crippen molar-refractivity contribution in [2.75, 3.05) is 24.5 Å². The third kappa shape index (κ3) is 5.01. The van der Waals surface area contributed by atoms with Crippen LogP contribution in [0, 0.1) is 0 Å². The average Bonchev–Trinajstić information content (AvgIpc) is 3.00. The summed E-state index contributed by atoms with van der Waals surface area (Å²) in [6, 6.07) is 10.8. The standard InChI is InChI=1S/C24H35N3O2/c1-4-26(19-11-6-5-7-12-19)16-10-15-25-23(28)17-21-20-13-8-9-14-22(20)27(18(2)3)24(21)29/h5-7,11-12,18,22H,4,8-10,13-17H2,1-3H3,(H,25,28). The minimum absolute atomic E-state index is 0.0291. The van der Waals surface area contributed by atoms with Gasteiger partial charge in [-0.3, -0.25) is 9.59 Å². The van der Waals surface area contributed by atoms with Gasteiger partial charge in [-0.05, 0) is 64.2 Å². The Morgan fingerprint density at radius 2 is 2.00 bits per heavy atom. The van der Waals surface area contributed by atoms with Gasteiger partial charge in [0.1, 0.15) is 0 Å². The van der Waals surface area contributed by atoms with Gasteiger partial charge in [-0.25, -0.2) is 0 Å². The highest BCUT2D eigenvalue weighted by atomic mass is 16.2. The van der Waals surface area contributed by atoms with Crippen LogP contribution < -0.4 is 10.2 Å². The van der Waals surface area contributed by atoms with E-state index in [4.69, 9.17) is 0 Å². The van der Waals surface area contributed by atoms with Gasteiger partial charge in [0.05, 0.1) is 12.5 Å². The van der Waals surface area contributed by atoms with Gasteiger partial charge >= 0.3 is 0 Å². The molecule has 0 saturated heterocycles. The summed E-state index contributed by atoms with van der Waals surface area (Å²) in [4.78, 5) is 29.8. The highest BCUT2D eigenvalue weighted by Crippen LogP contribution is 2.38. The van der Waals surface area contributed by atoms with Crippen molar-refractivity contribution in [2.24, 2.45) is 0 Å². The Kier molecular flexibility index (Phi) is 7.34. The van der Waals surface area contributed by atoms with E-state index in [0.29, 0.717) is 6.54 Å². The van der Waals surface area contributed by atoms with Crippen molar-refractivity contribution in [2.45, 2.75) is 71.4 Å². The summed E-state index contributed by atoms with van der Waals surface area (Å²) in [6.07, 6.45) is 5.41. The second kappa shape index (κ2) is 9.95. The molecule has 1 aromatic carbocycles. The number of fused-ring (bicyclic) bond motifs is 1. The maximum Gasteiger partial charge on any atom is 0.251 e. The molecule has 2 amide bonds. The number of anilines is 1. The predicted octanol–water partition coefficient (Wildman–Crippen LogP) is 3.90. The summed E-state index contributed by atoms with van der Waals surface area (Å²) >= 11 is 0. The van der Waals surface area contributed by atoms with Crippen LogP contribution in [0.3, 0.4) is 0 Å². The molecular formula is C24H35N3O2. The SMILES string of the molecule is CCN(CCCNC(=O)CC1=C2CCCCC2N(C(C)C)C1=O)c1ccccc1. The molecule has 1 aliphatic carbocycles. The van der Waals surface area contributed by atoms with Gasteiger partial charge in [-0.15, -0.1) is 0 Å². The second-order valence-corrected chi connectivity index (χ2v) is 8.37. The number of para-hydroxylation sites is 1. The number of benzene rings is 1. The van der Waals surface area contributed by atoms with Crippen LogP contribution in [-0.4, -0.2) is 48.4 Å². The maximum absolute atomic E-state index is 12.9. The molecule has 1 atom stereocenters. The summed E-state index contributed by atoms with van der Waals surface area (Å²) in [5.74, 6) is 0.0526. The monoisotopic (exact) mass is 397 g/mol. The zero-order chi connectivity index (χ0) is 20.8. The van der Waals surface area contributed by atoms with E-state index >= 15 is 0 Å². The first kappa shape index (κ1) is 21.4. The third-order valence-corrected chi connectivity index (χ3v) is 6.12. The van der Waals surface area contributed by atoms with E-state index in [1.54, 1.807) is 0 Å². The average molecular weight is 398 g/mol. The fraction of sp³-hybridized carbons (Fsp3) is 0.583. The Labute approximate surface area is 175 Å². The number of rotatable bonds is 9. The number of nitrogens with zero attached hydrogens (tertiary/aromatic N) is 2. The van der Waals surface area contributed by atoms with E-state index in [0.717, 1.165) is 44.3 Å². The van der Waals surface area contributed by atoms with Crippen LogP contribution in [0.2, 0.25) is 0 Å². The van der Waals surface area contributed by atoms with E-state index in [9.17, 15) is 9.59 Å². The second-order valence-electron chi connectivity index (χ2n) is 8.37. The Hall–Kier alpha value is -2.30. The minimum Gasteiger partial charge on any atom is -0.372 e. The fourth-order valence-electron chi connectivity index (χ4n) is 4.70. The van der Waals surface area contributed by atoms with Crippen molar-refractivity contribution in [1.82, 2.24) is 10.2 Å². The number of hydrogen-bond acceptors (Lipinski definition) is 3. The van der Waals surface area contributed by atoms with E-state index in [-0.39, 0.29) is 30.3 Å². The van der Waals surface area contributed by atoms with Crippen molar-refractivity contribution in [3.63, 3.8) is 0 Å². The summed E-state index contributed by atoms with van der Waals surface area (Å²) in [7, 11) is 0. The zero-order valence-corrected chi connectivity index (χ0v) is 18.1. The van der Waals surface area contributed by atoms with Crippen molar-refractivity contribution in [1.29, 1.82) is 0 Å². The smallest absolute Gasteiger partial charge is 0.251 e. The molecule has 5 heteroatoms. The van der Waals surface area contributed by atoms with Gasteiger partial charge in [-0.2, -0.15) is 0 Å². The highest BCUT2D eigenvalue weighted by molar-refractivity contribution is 6.02. The topological polar surface area (TPSA) is 52.7 Å². The van der Waals surface area contributed by atoms with Crippen molar-refractivity contribution >= 4 is 17.5 Å². The molecule has 0 spiro atoms. The maximum atomic E-state index is 12.9. The number of hydrogen-bond donors (Lipinski definition) is 1. The molecule has 1 saturated carbocycles. The normalized spacial score (nSPS) is 19.0. The third-order valence-electron chi connectivity index (χ3n) is 6.12. The lowest BCUT2D eigenvalue weighted by atomic mass is 9.88. The van der Waals surface area contributed by atoms with E-state index in [2.05, 4.69) is 43.1 Å². The lowest BCUT2D eigenvalue weighted by molar-refractivity contribution is -0.130. The molecule has 0 bridgehead atoms. The number of amides is 2. The van der Waals surface area contributed by atoms with Gasteiger partial charge in [0.25, 0.3) is 5.91 Å². The molecule has 1 fully saturated rings. The molecule has 1 unspecified atom stereocenters. The van der Waals surface area contributed by atoms with Crippen molar-refractivity contribution < 1.29 is 9.59 Å². The molecule has 1 N–H and O–H groups in total. The summed E-state index contributed by atoms with van der Waals surface area (Å²) in [5.41, 5.74) is 3.20. The summed E-state index contributed by atoms with van der Waals surface area (Å²) < 4.78 is 0. The molecule has 29 heavy (non-hydrogen) atoms. The highest BCUT2D eigenvalue weighted by Gasteiger charge is 2.41. The first-order valence-corrected chi connectivity index (χ1v) is 11.1. The van der Waals surface area contributed by atoms with Crippen LogP contribution in [0.4, 0.5) is 5.69 Å². The molecule has 5 nitrogen and oxygen atoms in total. The Bertz CT molecular complexity index is 742. The number of nitrogens with one attached hydrogen (secondary N) is 1. The van der Waals surface area contributed by atoms with Crippen LogP contribution >= 0.6 is 0 Å². The van der Waals surface area contributed by atoms with Gasteiger partial charge in [-0.1, -0.05) is 24.6 Å². The molecule has 158 valence electrons. The number of carbonyl (C=O) groups is 2. The summed E-state index contributed by atoms with van der Waals surface area (Å²) in [5, 5.41) is 3.03. The molecule has 1 aromatic rings. The Morgan fingerprint density at radius 1 is 1.24 bits per heavy atom. The van der Waals surface area contributed by atoms with Crippen LogP contribution in [0.5, 0.6) is 0 Å². The molecule has 2 aliphatic rings. The molecule has 1 aliphatic heterocycles. The Balaban J connectivity index is 1.51. The molecule has 1 heterocycles. The number of carbonyl (C=O) groups excluding carboxylic acids is 2. The lowest BCUT2D eigenvalue weighted by Crippen LogP contribution is -2.41. The molecule has 3 rings (SSSR count). The molecule has 0 radical (unpaired) electrons. The summed E-state index contributed by atoms with van der Waals surface area (Å²) in [6.45, 7) is 8.76. The first-order valence-electron chi connectivity index (χ1n) is 11.1. The van der Waals surface area contributed by atoms with Crippen LogP contribution in [0.25, 0.3) is 0 Å². The van der Waals surface area contributed by atoms with Crippen molar-refractivity contribution in [3.8, 4) is 0 Å². The molecule has 0 aromatic heterocycles. The van der Waals surface area contributed by atoms with Gasteiger partial charge < -0.3 is 15.1 Å². The van der Waals surface area contributed by atoms with E-state index < -0.39 is 0 Å². The lowest BCUT2D eigenvalue weighted by Gasteiger charge is -2.33. The minimum atomic E-state index is -0.0291. The van der Waals surface area contributed by atoms with Gasteiger partial charge in [0.15, 0.2) is 0 Å². The van der Waals surface area contributed by atoms with Crippen molar-refractivity contribution in [3.05, 3.63) is 41.5 Å². The van der Waals surface area contributed by atoms with E-state index in [1.807, 2.05) is 23.1 Å².